The van der Waals surface area contributed by atoms with Crippen LogP contribution in [0, 0.1) is 5.41 Å². The smallest absolute Gasteiger partial charge is 0.236 e. The molecule has 2 aliphatic rings. The topological polar surface area (TPSA) is 60.5 Å². The van der Waals surface area contributed by atoms with Gasteiger partial charge in [0, 0.05) is 5.39 Å². The molecular formula is C18H22N2O3S. The third-order valence-corrected chi connectivity index (χ3v) is 6.25. The first-order valence-electron chi connectivity index (χ1n) is 8.56. The third-order valence-electron chi connectivity index (χ3n) is 5.41. The maximum atomic E-state index is 13.3. The van der Waals surface area contributed by atoms with Crippen molar-refractivity contribution in [2.45, 2.75) is 44.8 Å². The van der Waals surface area contributed by atoms with E-state index in [2.05, 4.69) is 10.3 Å². The van der Waals surface area contributed by atoms with E-state index in [0.717, 1.165) is 48.0 Å². The normalized spacial score (nSPS) is 22.5. The molecule has 0 radical (unpaired) electrons. The second-order valence-corrected chi connectivity index (χ2v) is 7.67. The summed E-state index contributed by atoms with van der Waals surface area (Å²) in [5, 5.41) is 6.14. The van der Waals surface area contributed by atoms with Crippen LogP contribution in [0.1, 0.15) is 39.0 Å². The Bertz CT molecular complexity index is 746. The molecule has 0 atom stereocenters. The van der Waals surface area contributed by atoms with Crippen molar-refractivity contribution in [3.8, 4) is 0 Å². The van der Waals surface area contributed by atoms with Gasteiger partial charge >= 0.3 is 0 Å². The monoisotopic (exact) mass is 346 g/mol. The number of rotatable bonds is 3. The first-order chi connectivity index (χ1) is 11.6. The van der Waals surface area contributed by atoms with E-state index in [1.807, 2.05) is 24.4 Å². The van der Waals surface area contributed by atoms with Crippen molar-refractivity contribution in [3.63, 3.8) is 0 Å². The molecular weight excluding hydrogens is 324 g/mol. The fourth-order valence-electron chi connectivity index (χ4n) is 4.01. The molecule has 0 bridgehead atoms. The molecule has 5 nitrogen and oxygen atoms in total. The van der Waals surface area contributed by atoms with Gasteiger partial charge in [0.15, 0.2) is 5.79 Å². The number of carbonyl (C=O) groups is 1. The maximum absolute atomic E-state index is 13.3. The quantitative estimate of drug-likeness (QED) is 0.914. The molecule has 1 aliphatic heterocycles. The van der Waals surface area contributed by atoms with E-state index in [1.54, 1.807) is 17.5 Å². The molecule has 1 saturated carbocycles. The van der Waals surface area contributed by atoms with E-state index in [-0.39, 0.29) is 5.91 Å². The Morgan fingerprint density at radius 2 is 2.00 bits per heavy atom. The zero-order valence-electron chi connectivity index (χ0n) is 13.8. The predicted molar refractivity (Wildman–Crippen MR) is 94.1 cm³/mol. The van der Waals surface area contributed by atoms with Crippen LogP contribution in [-0.4, -0.2) is 29.9 Å². The molecule has 4 rings (SSSR count). The van der Waals surface area contributed by atoms with E-state index in [9.17, 15) is 4.79 Å². The van der Waals surface area contributed by atoms with Crippen LogP contribution in [0.4, 0.5) is 5.69 Å². The zero-order valence-corrected chi connectivity index (χ0v) is 14.7. The lowest BCUT2D eigenvalue weighted by atomic mass is 9.67. The molecule has 128 valence electrons. The molecule has 3 heterocycles. The van der Waals surface area contributed by atoms with Gasteiger partial charge in [0.25, 0.3) is 0 Å². The van der Waals surface area contributed by atoms with Crippen molar-refractivity contribution in [1.29, 1.82) is 0 Å². The highest BCUT2D eigenvalue weighted by Gasteiger charge is 2.57. The SMILES string of the molecule is CC1(C2(C(=O)Nc3cnc4sccc4c3)CCCCC2)OCCO1. The Balaban J connectivity index is 1.63. The number of carbonyl (C=O) groups excluding carboxylic acids is 1. The Kier molecular flexibility index (Phi) is 4.06. The van der Waals surface area contributed by atoms with Gasteiger partial charge < -0.3 is 14.8 Å². The van der Waals surface area contributed by atoms with Crippen LogP contribution in [0.5, 0.6) is 0 Å². The summed E-state index contributed by atoms with van der Waals surface area (Å²) in [4.78, 5) is 18.7. The first kappa shape index (κ1) is 16.0. The van der Waals surface area contributed by atoms with Gasteiger partial charge in [-0.15, -0.1) is 11.3 Å². The van der Waals surface area contributed by atoms with Gasteiger partial charge in [0.05, 0.1) is 25.1 Å². The van der Waals surface area contributed by atoms with Crippen LogP contribution in [-0.2, 0) is 14.3 Å². The predicted octanol–water partition coefficient (Wildman–Crippen LogP) is 3.95. The second-order valence-electron chi connectivity index (χ2n) is 6.78. The van der Waals surface area contributed by atoms with Gasteiger partial charge in [0.2, 0.25) is 5.91 Å². The molecule has 1 N–H and O–H groups in total. The molecule has 6 heteroatoms. The van der Waals surface area contributed by atoms with Crippen LogP contribution in [0.15, 0.2) is 23.7 Å². The number of nitrogens with one attached hydrogen (secondary N) is 1. The number of hydrogen-bond donors (Lipinski definition) is 1. The van der Waals surface area contributed by atoms with E-state index in [0.29, 0.717) is 13.2 Å². The van der Waals surface area contributed by atoms with Crippen LogP contribution in [0.2, 0.25) is 0 Å². The van der Waals surface area contributed by atoms with Crippen molar-refractivity contribution in [2.75, 3.05) is 18.5 Å². The van der Waals surface area contributed by atoms with Gasteiger partial charge in [-0.1, -0.05) is 19.3 Å². The van der Waals surface area contributed by atoms with E-state index in [4.69, 9.17) is 9.47 Å². The Morgan fingerprint density at radius 3 is 2.75 bits per heavy atom. The summed E-state index contributed by atoms with van der Waals surface area (Å²) in [5.41, 5.74) is 0.100. The summed E-state index contributed by atoms with van der Waals surface area (Å²) in [7, 11) is 0. The average molecular weight is 346 g/mol. The molecule has 2 fully saturated rings. The minimum absolute atomic E-state index is 0.0111. The van der Waals surface area contributed by atoms with Crippen LogP contribution < -0.4 is 5.32 Å². The minimum atomic E-state index is -0.836. The number of pyridine rings is 1. The van der Waals surface area contributed by atoms with Gasteiger partial charge in [-0.2, -0.15) is 0 Å². The summed E-state index contributed by atoms with van der Waals surface area (Å²) in [6.07, 6.45) is 6.53. The summed E-state index contributed by atoms with van der Waals surface area (Å²) in [5.74, 6) is -0.847. The number of anilines is 1. The van der Waals surface area contributed by atoms with E-state index in [1.165, 1.54) is 0 Å². The number of thiophene rings is 1. The van der Waals surface area contributed by atoms with Gasteiger partial charge in [-0.3, -0.25) is 4.79 Å². The van der Waals surface area contributed by atoms with Crippen molar-refractivity contribution in [2.24, 2.45) is 5.41 Å². The number of hydrogen-bond acceptors (Lipinski definition) is 5. The van der Waals surface area contributed by atoms with Crippen molar-refractivity contribution in [1.82, 2.24) is 4.98 Å². The molecule has 0 spiro atoms. The van der Waals surface area contributed by atoms with Crippen LogP contribution in [0.3, 0.4) is 0 Å². The molecule has 1 amide bonds. The molecule has 24 heavy (non-hydrogen) atoms. The molecule has 2 aromatic rings. The molecule has 0 aromatic carbocycles. The summed E-state index contributed by atoms with van der Waals surface area (Å²) in [6, 6.07) is 4.00. The van der Waals surface area contributed by atoms with E-state index >= 15 is 0 Å². The summed E-state index contributed by atoms with van der Waals surface area (Å²) >= 11 is 1.60. The van der Waals surface area contributed by atoms with Crippen molar-refractivity contribution >= 4 is 33.1 Å². The van der Waals surface area contributed by atoms with Gasteiger partial charge in [-0.05, 0) is 37.3 Å². The minimum Gasteiger partial charge on any atom is -0.347 e. The fourth-order valence-corrected chi connectivity index (χ4v) is 4.73. The lowest BCUT2D eigenvalue weighted by Gasteiger charge is -2.45. The number of nitrogens with zero attached hydrogens (tertiary/aromatic N) is 1. The molecule has 1 saturated heterocycles. The summed E-state index contributed by atoms with van der Waals surface area (Å²) < 4.78 is 11.8. The average Bonchev–Trinajstić information content (AvgIpc) is 3.24. The van der Waals surface area contributed by atoms with E-state index < -0.39 is 11.2 Å². The number of amides is 1. The summed E-state index contributed by atoms with van der Waals surface area (Å²) in [6.45, 7) is 3.02. The largest absolute Gasteiger partial charge is 0.347 e. The lowest BCUT2D eigenvalue weighted by molar-refractivity contribution is -0.228. The Labute approximate surface area is 145 Å². The van der Waals surface area contributed by atoms with Gasteiger partial charge in [0.1, 0.15) is 10.2 Å². The molecule has 0 unspecified atom stereocenters. The highest BCUT2D eigenvalue weighted by Crippen LogP contribution is 2.49. The number of ether oxygens (including phenoxy) is 2. The first-order valence-corrected chi connectivity index (χ1v) is 9.44. The van der Waals surface area contributed by atoms with Crippen molar-refractivity contribution < 1.29 is 14.3 Å². The van der Waals surface area contributed by atoms with Gasteiger partial charge in [-0.25, -0.2) is 4.98 Å². The molecule has 1 aliphatic carbocycles. The third kappa shape index (κ3) is 2.53. The van der Waals surface area contributed by atoms with Crippen LogP contribution >= 0.6 is 11.3 Å². The zero-order chi connectivity index (χ0) is 16.6. The maximum Gasteiger partial charge on any atom is 0.236 e. The standard InChI is InChI=1S/C18H22N2O3S/c1-17(22-8-9-23-17)18(6-3-2-4-7-18)16(21)20-14-11-13-5-10-24-15(13)19-12-14/h5,10-12H,2-4,6-9H2,1H3,(H,20,21). The van der Waals surface area contributed by atoms with Crippen molar-refractivity contribution in [3.05, 3.63) is 23.7 Å². The lowest BCUT2D eigenvalue weighted by Crippen LogP contribution is -2.55. The second kappa shape index (κ2) is 6.10. The Morgan fingerprint density at radius 1 is 1.25 bits per heavy atom. The fraction of sp³-hybridized carbons (Fsp3) is 0.556. The number of fused-ring (bicyclic) bond motifs is 1. The molecule has 2 aromatic heterocycles. The number of aromatic nitrogens is 1. The highest BCUT2D eigenvalue weighted by atomic mass is 32.1. The highest BCUT2D eigenvalue weighted by molar-refractivity contribution is 7.16. The van der Waals surface area contributed by atoms with Crippen LogP contribution in [0.25, 0.3) is 10.2 Å². The Hall–Kier alpha value is -1.50.